The molecule has 1 atom stereocenters. The number of fused-ring (bicyclic) bond motifs is 2. The van der Waals surface area contributed by atoms with Crippen molar-refractivity contribution in [2.24, 2.45) is 0 Å². The molecule has 0 saturated heterocycles. The third-order valence-electron chi connectivity index (χ3n) is 7.26. The standard InChI is InChI=1S/C16H15N6O2S.C14H17S.CH3.Sb/c17-10-7-20-14-2-1-11(22(14)16(10)24)15(23)21-6-9-3-8-5-19-13(18)4-12(8)25-9;1-4-11-15-14(12(3)5-2)13-9-7-6-8-10-13;;/h3-5,7,11,17H,1-2,6H2,(H2,18,19)(H,21,23);4,6-10H,5H2,1-3H3;1H3;/q-1;;;+1. The van der Waals surface area contributed by atoms with Crippen LogP contribution in [0, 0.1) is 0 Å². The maximum absolute atomic E-state index is 13.7. The van der Waals surface area contributed by atoms with E-state index < -0.39 is 26.5 Å². The molecule has 0 radical (unpaired) electrons. The number of thioether (sulfide) groups is 1. The van der Waals surface area contributed by atoms with Crippen molar-refractivity contribution in [2.45, 2.75) is 57.5 Å². The summed E-state index contributed by atoms with van der Waals surface area (Å²) in [6.07, 6.45) is 7.67. The van der Waals surface area contributed by atoms with Gasteiger partial charge in [-0.05, 0) is 0 Å². The molecule has 1 aliphatic heterocycles. The van der Waals surface area contributed by atoms with Crippen molar-refractivity contribution in [1.29, 1.82) is 0 Å². The second-order valence-electron chi connectivity index (χ2n) is 10.1. The summed E-state index contributed by atoms with van der Waals surface area (Å²) in [6, 6.07) is 13.7. The van der Waals surface area contributed by atoms with Crippen LogP contribution >= 0.6 is 23.1 Å². The molecule has 5 rings (SSSR count). The van der Waals surface area contributed by atoms with E-state index in [0.717, 1.165) is 21.4 Å². The zero-order valence-corrected chi connectivity index (χ0v) is 28.4. The van der Waals surface area contributed by atoms with E-state index in [-0.39, 0.29) is 11.5 Å². The number of rotatable bonds is 10. The average molecular weight is 710 g/mol. The number of nitrogen functional groups attached to an aromatic ring is 1. The van der Waals surface area contributed by atoms with Crippen molar-refractivity contribution in [1.82, 2.24) is 19.9 Å². The predicted octanol–water partition coefficient (Wildman–Crippen LogP) is 6.29. The Kier molecular flexibility index (Phi) is 9.76. The Morgan fingerprint density at radius 2 is 2.02 bits per heavy atom. The van der Waals surface area contributed by atoms with Crippen molar-refractivity contribution >= 4 is 76.0 Å². The van der Waals surface area contributed by atoms with Crippen molar-refractivity contribution in [3.63, 3.8) is 0 Å². The molecule has 1 amide bonds. The van der Waals surface area contributed by atoms with Crippen LogP contribution < -0.4 is 20.1 Å². The van der Waals surface area contributed by atoms with Crippen LogP contribution in [0.2, 0.25) is 4.87 Å². The third kappa shape index (κ3) is 6.61. The van der Waals surface area contributed by atoms with Crippen molar-refractivity contribution in [3.05, 3.63) is 96.0 Å². The van der Waals surface area contributed by atoms with E-state index in [1.165, 1.54) is 18.9 Å². The average Bonchev–Trinajstić information content (AvgIpc) is 3.62. The monoisotopic (exact) mass is 708 g/mol. The van der Waals surface area contributed by atoms with Gasteiger partial charge < -0.3 is 5.73 Å². The van der Waals surface area contributed by atoms with Gasteiger partial charge >= 0.3 is 247 Å². The van der Waals surface area contributed by atoms with Gasteiger partial charge in [-0.3, -0.25) is 0 Å². The molecule has 4 N–H and O–H groups in total. The van der Waals surface area contributed by atoms with Crippen LogP contribution in [-0.2, 0) is 17.8 Å². The summed E-state index contributed by atoms with van der Waals surface area (Å²) in [5, 5.41) is 4.03. The van der Waals surface area contributed by atoms with Crippen molar-refractivity contribution in [3.8, 4) is 0 Å². The molecular formula is C31H35N6O2S2Sb. The van der Waals surface area contributed by atoms with E-state index in [9.17, 15) is 9.59 Å². The van der Waals surface area contributed by atoms with Crippen molar-refractivity contribution < 1.29 is 4.79 Å². The summed E-state index contributed by atoms with van der Waals surface area (Å²) >= 11 is 1.08. The number of anilines is 2. The summed E-state index contributed by atoms with van der Waals surface area (Å²) in [5.74, 6) is 0.959. The van der Waals surface area contributed by atoms with E-state index in [1.807, 2.05) is 18.2 Å². The molecule has 11 heteroatoms. The van der Waals surface area contributed by atoms with Gasteiger partial charge in [-0.25, -0.2) is 4.98 Å². The number of pyridine rings is 1. The topological polar surface area (TPSA) is 115 Å². The molecule has 4 aromatic rings. The number of nitrogens with zero attached hydrogens (tertiary/aromatic N) is 3. The number of carbonyl (C=O) groups is 1. The molecule has 0 fully saturated rings. The second-order valence-corrected chi connectivity index (χ2v) is 18.5. The first-order valence-electron chi connectivity index (χ1n) is 13.9. The number of hydrogen-bond donors (Lipinski definition) is 3. The zero-order valence-electron chi connectivity index (χ0n) is 24.2. The van der Waals surface area contributed by atoms with Gasteiger partial charge in [0.25, 0.3) is 0 Å². The number of thiophene rings is 1. The summed E-state index contributed by atoms with van der Waals surface area (Å²) in [6.45, 7) is 6.80. The molecular weight excluding hydrogens is 674 g/mol. The van der Waals surface area contributed by atoms with E-state index in [2.05, 4.69) is 74.7 Å². The van der Waals surface area contributed by atoms with Crippen LogP contribution in [0.3, 0.4) is 0 Å². The van der Waals surface area contributed by atoms with E-state index in [0.29, 0.717) is 36.7 Å². The molecule has 1 aromatic carbocycles. The molecule has 1 aliphatic rings. The minimum atomic E-state index is -2.30. The Morgan fingerprint density at radius 3 is 2.76 bits per heavy atom. The number of aryl methyl sites for hydroxylation is 1. The summed E-state index contributed by atoms with van der Waals surface area (Å²) in [5.41, 5.74) is 8.64. The van der Waals surface area contributed by atoms with Gasteiger partial charge in [0, 0.05) is 0 Å². The fraction of sp³-hybridized carbons (Fsp3) is 0.290. The number of allylic oxidation sites excluding steroid dienone is 2. The SMILES string of the molecule is C/C=[C](\SC(=C(C)CC)c1ccccc1)[Sb]([CH3])[NH]c1cnc2n(c1=O)C(C(=O)NCc1cc3cnc(N)cc3s1)CC2. The summed E-state index contributed by atoms with van der Waals surface area (Å²) < 4.78 is 7.47. The van der Waals surface area contributed by atoms with Crippen molar-refractivity contribution in [2.75, 3.05) is 9.21 Å². The maximum atomic E-state index is 13.7. The van der Waals surface area contributed by atoms with Gasteiger partial charge in [-0.15, -0.1) is 0 Å². The van der Waals surface area contributed by atoms with E-state index in [1.54, 1.807) is 40.1 Å². The summed E-state index contributed by atoms with van der Waals surface area (Å²) in [7, 11) is 0. The van der Waals surface area contributed by atoms with Crippen LogP contribution in [0.1, 0.15) is 55.9 Å². The first kappa shape index (κ1) is 30.4. The number of aromatic nitrogens is 3. The zero-order chi connectivity index (χ0) is 29.8. The molecule has 8 nitrogen and oxygen atoms in total. The Labute approximate surface area is 261 Å². The number of amides is 1. The Balaban J connectivity index is 1.30. The number of nitrogens with one attached hydrogen (secondary N) is 2. The second kappa shape index (κ2) is 13.5. The molecule has 0 saturated carbocycles. The molecule has 3 aromatic heterocycles. The number of carbonyl (C=O) groups excluding carboxylic acids is 1. The molecule has 4 heterocycles. The van der Waals surface area contributed by atoms with Crippen LogP contribution in [0.4, 0.5) is 11.5 Å². The molecule has 218 valence electrons. The van der Waals surface area contributed by atoms with Gasteiger partial charge in [0.15, 0.2) is 0 Å². The van der Waals surface area contributed by atoms with Crippen LogP contribution in [0.15, 0.2) is 74.2 Å². The molecule has 0 bridgehead atoms. The van der Waals surface area contributed by atoms with E-state index in [4.69, 9.17) is 5.73 Å². The fourth-order valence-electron chi connectivity index (χ4n) is 4.92. The number of hydrogen-bond acceptors (Lipinski definition) is 8. The first-order valence-corrected chi connectivity index (χ1v) is 20.6. The molecule has 0 aliphatic carbocycles. The first-order chi connectivity index (χ1) is 20.3. The normalized spacial score (nSPS) is 15.5. The van der Waals surface area contributed by atoms with Crippen LogP contribution in [0.25, 0.3) is 15.0 Å². The Hall–Kier alpha value is -3.07. The Bertz CT molecular complexity index is 1730. The molecule has 42 heavy (non-hydrogen) atoms. The van der Waals surface area contributed by atoms with Gasteiger partial charge in [-0.1, -0.05) is 0 Å². The number of nitrogens with two attached hydrogens (primary N) is 1. The fourth-order valence-corrected chi connectivity index (χ4v) is 12.1. The number of benzene rings is 1. The molecule has 1 unspecified atom stereocenters. The summed E-state index contributed by atoms with van der Waals surface area (Å²) in [4.78, 5) is 40.2. The minimum absolute atomic E-state index is 0.170. The van der Waals surface area contributed by atoms with Gasteiger partial charge in [0.1, 0.15) is 5.82 Å². The molecule has 0 spiro atoms. The van der Waals surface area contributed by atoms with Gasteiger partial charge in [0.2, 0.25) is 0 Å². The third-order valence-corrected chi connectivity index (χ3v) is 16.5. The van der Waals surface area contributed by atoms with E-state index >= 15 is 0 Å². The van der Waals surface area contributed by atoms with Gasteiger partial charge in [0.05, 0.1) is 0 Å². The quantitative estimate of drug-likeness (QED) is 0.166. The van der Waals surface area contributed by atoms with Gasteiger partial charge in [-0.2, -0.15) is 0 Å². The van der Waals surface area contributed by atoms with Crippen LogP contribution in [0.5, 0.6) is 0 Å². The van der Waals surface area contributed by atoms with Crippen LogP contribution in [-0.4, -0.2) is 40.9 Å². The predicted molar refractivity (Wildman–Crippen MR) is 178 cm³/mol. The Morgan fingerprint density at radius 1 is 1.24 bits per heavy atom.